The quantitative estimate of drug-likeness (QED) is 0.763. The zero-order valence-corrected chi connectivity index (χ0v) is 10.1. The minimum atomic E-state index is -2.80. The molecule has 4 nitrogen and oxygen atoms in total. The zero-order valence-electron chi connectivity index (χ0n) is 9.17. The van der Waals surface area contributed by atoms with Gasteiger partial charge in [-0.3, -0.25) is 4.57 Å². The molecular weight excluding hydrogens is 227 g/mol. The lowest BCUT2D eigenvalue weighted by atomic mass is 10.2. The van der Waals surface area contributed by atoms with Gasteiger partial charge in [0, 0.05) is 6.66 Å². The van der Waals surface area contributed by atoms with Crippen LogP contribution in [-0.2, 0) is 25.0 Å². The molecule has 1 heterocycles. The van der Waals surface area contributed by atoms with Crippen LogP contribution in [0, 0.1) is 0 Å². The Bertz CT molecular complexity index is 367. The molecule has 1 aromatic rings. The van der Waals surface area contributed by atoms with Gasteiger partial charge in [0.2, 0.25) is 0 Å². The molecule has 16 heavy (non-hydrogen) atoms. The lowest BCUT2D eigenvalue weighted by Gasteiger charge is -2.26. The van der Waals surface area contributed by atoms with E-state index >= 15 is 0 Å². The van der Waals surface area contributed by atoms with E-state index in [9.17, 15) is 4.57 Å². The van der Waals surface area contributed by atoms with Crippen LogP contribution in [0.3, 0.4) is 0 Å². The van der Waals surface area contributed by atoms with Gasteiger partial charge >= 0.3 is 7.60 Å². The molecule has 0 radical (unpaired) electrons. The van der Waals surface area contributed by atoms with Gasteiger partial charge in [0.15, 0.2) is 0 Å². The third kappa shape index (κ3) is 3.42. The molecule has 5 heteroatoms. The van der Waals surface area contributed by atoms with Crippen LogP contribution in [-0.4, -0.2) is 26.0 Å². The second kappa shape index (κ2) is 5.11. The first-order valence-electron chi connectivity index (χ1n) is 5.18. The summed E-state index contributed by atoms with van der Waals surface area (Å²) in [7, 11) is -2.80. The molecule has 0 unspecified atom stereocenters. The van der Waals surface area contributed by atoms with Gasteiger partial charge in [0.1, 0.15) is 6.10 Å². The van der Waals surface area contributed by atoms with Gasteiger partial charge in [-0.05, 0) is 5.56 Å². The Morgan fingerprint density at radius 2 is 1.94 bits per heavy atom. The first-order valence-corrected chi connectivity index (χ1v) is 7.17. The molecule has 0 atom stereocenters. The summed E-state index contributed by atoms with van der Waals surface area (Å²) in [5.41, 5.74) is 1.10. The summed E-state index contributed by atoms with van der Waals surface area (Å²) in [5.74, 6) is 0. The minimum absolute atomic E-state index is 0.137. The van der Waals surface area contributed by atoms with Gasteiger partial charge in [-0.1, -0.05) is 30.3 Å². The molecule has 1 fully saturated rings. The predicted molar refractivity (Wildman–Crippen MR) is 60.5 cm³/mol. The highest BCUT2D eigenvalue weighted by Crippen LogP contribution is 2.46. The Morgan fingerprint density at radius 3 is 2.56 bits per heavy atom. The van der Waals surface area contributed by atoms with Crippen molar-refractivity contribution in [1.82, 2.24) is 0 Å². The fraction of sp³-hybridized carbons (Fsp3) is 0.455. The van der Waals surface area contributed by atoms with Crippen molar-refractivity contribution in [2.24, 2.45) is 0 Å². The van der Waals surface area contributed by atoms with E-state index in [1.807, 2.05) is 30.3 Å². The highest BCUT2D eigenvalue weighted by Gasteiger charge is 2.27. The molecule has 88 valence electrons. The zero-order chi connectivity index (χ0) is 11.4. The van der Waals surface area contributed by atoms with E-state index in [2.05, 4.69) is 0 Å². The molecule has 1 aromatic carbocycles. The van der Waals surface area contributed by atoms with Crippen LogP contribution < -0.4 is 0 Å². The van der Waals surface area contributed by atoms with Crippen molar-refractivity contribution in [2.45, 2.75) is 12.7 Å². The number of ether oxygens (including phenoxy) is 1. The molecule has 0 saturated carbocycles. The van der Waals surface area contributed by atoms with Crippen molar-refractivity contribution >= 4 is 7.60 Å². The Balaban J connectivity index is 1.78. The van der Waals surface area contributed by atoms with Crippen LogP contribution in [0.25, 0.3) is 0 Å². The van der Waals surface area contributed by atoms with Crippen LogP contribution in [0.2, 0.25) is 0 Å². The van der Waals surface area contributed by atoms with Crippen LogP contribution in [0.15, 0.2) is 30.3 Å². The monoisotopic (exact) mass is 242 g/mol. The van der Waals surface area contributed by atoms with Crippen LogP contribution in [0.5, 0.6) is 0 Å². The van der Waals surface area contributed by atoms with E-state index < -0.39 is 7.60 Å². The molecule has 0 bridgehead atoms. The smallest absolute Gasteiger partial charge is 0.327 e. The second-order valence-electron chi connectivity index (χ2n) is 3.78. The summed E-state index contributed by atoms with van der Waals surface area (Å²) >= 11 is 0. The molecule has 1 saturated heterocycles. The minimum Gasteiger partial charge on any atom is -0.369 e. The maximum Gasteiger partial charge on any atom is 0.327 e. The molecule has 0 spiro atoms. The summed E-state index contributed by atoms with van der Waals surface area (Å²) < 4.78 is 27.1. The summed E-state index contributed by atoms with van der Waals surface area (Å²) in [6, 6.07) is 9.88. The molecule has 1 aliphatic rings. The summed E-state index contributed by atoms with van der Waals surface area (Å²) in [5, 5.41) is 0. The Hall–Kier alpha value is -0.670. The first-order chi connectivity index (χ1) is 7.66. The molecular formula is C11H15O4P. The molecule has 0 aliphatic carbocycles. The van der Waals surface area contributed by atoms with Gasteiger partial charge in [-0.25, -0.2) is 0 Å². The van der Waals surface area contributed by atoms with Crippen molar-refractivity contribution < 1.29 is 18.3 Å². The largest absolute Gasteiger partial charge is 0.369 e. The van der Waals surface area contributed by atoms with Crippen LogP contribution in [0.4, 0.5) is 0 Å². The third-order valence-corrected chi connectivity index (χ3v) is 3.55. The molecule has 0 N–H and O–H groups in total. The number of benzene rings is 1. The van der Waals surface area contributed by atoms with Crippen molar-refractivity contribution in [3.63, 3.8) is 0 Å². The average molecular weight is 242 g/mol. The van der Waals surface area contributed by atoms with Gasteiger partial charge in [0.05, 0.1) is 19.8 Å². The SMILES string of the molecule is CP1(=O)OCC(OCc2ccccc2)CO1. The van der Waals surface area contributed by atoms with Gasteiger partial charge in [-0.2, -0.15) is 0 Å². The predicted octanol–water partition coefficient (Wildman–Crippen LogP) is 2.44. The fourth-order valence-electron chi connectivity index (χ4n) is 1.41. The maximum absolute atomic E-state index is 11.4. The van der Waals surface area contributed by atoms with Crippen LogP contribution >= 0.6 is 7.60 Å². The van der Waals surface area contributed by atoms with Crippen molar-refractivity contribution in [3.05, 3.63) is 35.9 Å². The van der Waals surface area contributed by atoms with E-state index in [0.717, 1.165) is 5.56 Å². The topological polar surface area (TPSA) is 44.8 Å². The highest BCUT2D eigenvalue weighted by atomic mass is 31.2. The van der Waals surface area contributed by atoms with E-state index in [-0.39, 0.29) is 6.10 Å². The Kier molecular flexibility index (Phi) is 3.77. The number of rotatable bonds is 3. The van der Waals surface area contributed by atoms with Gasteiger partial charge in [-0.15, -0.1) is 0 Å². The molecule has 2 rings (SSSR count). The lowest BCUT2D eigenvalue weighted by Crippen LogP contribution is -2.28. The fourth-order valence-corrected chi connectivity index (χ4v) is 2.36. The van der Waals surface area contributed by atoms with E-state index in [0.29, 0.717) is 19.8 Å². The van der Waals surface area contributed by atoms with Gasteiger partial charge < -0.3 is 13.8 Å². The van der Waals surface area contributed by atoms with E-state index in [1.165, 1.54) is 6.66 Å². The first kappa shape index (κ1) is 11.8. The van der Waals surface area contributed by atoms with Crippen molar-refractivity contribution in [2.75, 3.05) is 19.9 Å². The standard InChI is InChI=1S/C11H15O4P/c1-16(12)14-8-11(9-15-16)13-7-10-5-3-2-4-6-10/h2-6,11H,7-9H2,1H3. The van der Waals surface area contributed by atoms with Crippen molar-refractivity contribution in [3.8, 4) is 0 Å². The average Bonchev–Trinajstić information content (AvgIpc) is 2.29. The molecule has 1 aliphatic heterocycles. The third-order valence-electron chi connectivity index (χ3n) is 2.32. The molecule has 0 aromatic heterocycles. The van der Waals surface area contributed by atoms with Crippen molar-refractivity contribution in [1.29, 1.82) is 0 Å². The summed E-state index contributed by atoms with van der Waals surface area (Å²) in [6.07, 6.45) is -0.137. The normalized spacial score (nSPS) is 30.2. The van der Waals surface area contributed by atoms with E-state index in [4.69, 9.17) is 13.8 Å². The summed E-state index contributed by atoms with van der Waals surface area (Å²) in [4.78, 5) is 0. The Labute approximate surface area is 95.1 Å². The summed E-state index contributed by atoms with van der Waals surface area (Å²) in [6.45, 7) is 2.66. The second-order valence-corrected chi connectivity index (χ2v) is 5.84. The number of hydrogen-bond donors (Lipinski definition) is 0. The van der Waals surface area contributed by atoms with Crippen LogP contribution in [0.1, 0.15) is 5.56 Å². The highest BCUT2D eigenvalue weighted by molar-refractivity contribution is 7.53. The number of hydrogen-bond acceptors (Lipinski definition) is 4. The van der Waals surface area contributed by atoms with E-state index in [1.54, 1.807) is 0 Å². The lowest BCUT2D eigenvalue weighted by molar-refractivity contribution is -0.0442. The molecule has 0 amide bonds. The van der Waals surface area contributed by atoms with Gasteiger partial charge in [0.25, 0.3) is 0 Å². The maximum atomic E-state index is 11.4. The Morgan fingerprint density at radius 1 is 1.31 bits per heavy atom.